The number of hydrogen-bond donors (Lipinski definition) is 5. The Morgan fingerprint density at radius 2 is 1.45 bits per heavy atom. The van der Waals surface area contributed by atoms with E-state index in [0.29, 0.717) is 70.5 Å². The van der Waals surface area contributed by atoms with Crippen molar-refractivity contribution in [3.8, 4) is 0 Å². The van der Waals surface area contributed by atoms with E-state index in [2.05, 4.69) is 30.9 Å². The van der Waals surface area contributed by atoms with Gasteiger partial charge in [-0.05, 0) is 18.4 Å². The lowest BCUT2D eigenvalue weighted by Gasteiger charge is -2.32. The average molecular weight is 460 g/mol. The lowest BCUT2D eigenvalue weighted by atomic mass is 9.85. The Kier molecular flexibility index (Phi) is 10.6. The molecule has 3 rings (SSSR count). The van der Waals surface area contributed by atoms with E-state index < -0.39 is 5.60 Å². The molecule has 1 aromatic carbocycles. The van der Waals surface area contributed by atoms with Gasteiger partial charge in [0, 0.05) is 26.2 Å². The molecule has 0 saturated heterocycles. The van der Waals surface area contributed by atoms with Gasteiger partial charge in [-0.1, -0.05) is 49.6 Å². The van der Waals surface area contributed by atoms with E-state index in [4.69, 9.17) is 15.2 Å². The molecule has 0 bridgehead atoms. The Bertz CT molecular complexity index is 804. The van der Waals surface area contributed by atoms with E-state index in [1.807, 2.05) is 30.3 Å². The molecule has 1 aromatic heterocycles. The summed E-state index contributed by atoms with van der Waals surface area (Å²) >= 11 is 0. The van der Waals surface area contributed by atoms with E-state index in [-0.39, 0.29) is 0 Å². The van der Waals surface area contributed by atoms with Gasteiger partial charge >= 0.3 is 0 Å². The third kappa shape index (κ3) is 9.47. The van der Waals surface area contributed by atoms with Gasteiger partial charge in [0.2, 0.25) is 17.8 Å². The first kappa shape index (κ1) is 25.1. The molecular weight excluding hydrogens is 422 g/mol. The van der Waals surface area contributed by atoms with Crippen LogP contribution in [0.5, 0.6) is 0 Å². The van der Waals surface area contributed by atoms with Crippen molar-refractivity contribution in [2.75, 3.05) is 62.0 Å². The molecule has 1 aliphatic carbocycles. The molecule has 33 heavy (non-hydrogen) atoms. The summed E-state index contributed by atoms with van der Waals surface area (Å²) in [4.78, 5) is 13.4. The molecule has 1 saturated carbocycles. The summed E-state index contributed by atoms with van der Waals surface area (Å²) in [6.45, 7) is 4.13. The second-order valence-corrected chi connectivity index (χ2v) is 8.22. The number of nitrogens with two attached hydrogens (primary N) is 1. The summed E-state index contributed by atoms with van der Waals surface area (Å²) in [5.41, 5.74) is 5.80. The predicted molar refractivity (Wildman–Crippen MR) is 129 cm³/mol. The third-order valence-electron chi connectivity index (χ3n) is 5.45. The van der Waals surface area contributed by atoms with Gasteiger partial charge in [0.1, 0.15) is 0 Å². The van der Waals surface area contributed by atoms with Gasteiger partial charge in [-0.25, -0.2) is 0 Å². The largest absolute Gasteiger partial charge is 0.388 e. The molecule has 0 unspecified atom stereocenters. The lowest BCUT2D eigenvalue weighted by molar-refractivity contribution is 0.0166. The monoisotopic (exact) mass is 459 g/mol. The second-order valence-electron chi connectivity index (χ2n) is 8.22. The van der Waals surface area contributed by atoms with Gasteiger partial charge in [0.25, 0.3) is 0 Å². The molecule has 0 amide bonds. The molecule has 10 nitrogen and oxygen atoms in total. The maximum atomic E-state index is 10.8. The first-order valence-corrected chi connectivity index (χ1v) is 11.8. The Labute approximate surface area is 195 Å². The fraction of sp³-hybridized carbons (Fsp3) is 0.609. The van der Waals surface area contributed by atoms with Gasteiger partial charge in [0.15, 0.2) is 0 Å². The molecule has 6 N–H and O–H groups in total. The van der Waals surface area contributed by atoms with E-state index in [9.17, 15) is 5.11 Å². The summed E-state index contributed by atoms with van der Waals surface area (Å²) in [5.74, 6) is 1.34. The molecule has 1 fully saturated rings. The number of aliphatic hydroxyl groups is 1. The smallest absolute Gasteiger partial charge is 0.229 e. The molecule has 1 heterocycles. The zero-order chi connectivity index (χ0) is 23.2. The molecule has 182 valence electrons. The first-order valence-electron chi connectivity index (χ1n) is 11.8. The van der Waals surface area contributed by atoms with Crippen molar-refractivity contribution in [3.63, 3.8) is 0 Å². The lowest BCUT2D eigenvalue weighted by Crippen LogP contribution is -2.39. The number of hydrogen-bond acceptors (Lipinski definition) is 10. The topological polar surface area (TPSA) is 139 Å². The highest BCUT2D eigenvalue weighted by molar-refractivity contribution is 5.42. The van der Waals surface area contributed by atoms with Crippen molar-refractivity contribution in [2.45, 2.75) is 44.2 Å². The van der Waals surface area contributed by atoms with Crippen LogP contribution >= 0.6 is 0 Å². The Morgan fingerprint density at radius 1 is 0.818 bits per heavy atom. The molecule has 0 atom stereocenters. The minimum atomic E-state index is -0.712. The zero-order valence-corrected chi connectivity index (χ0v) is 19.3. The van der Waals surface area contributed by atoms with E-state index in [0.717, 1.165) is 31.2 Å². The first-order chi connectivity index (χ1) is 16.2. The maximum Gasteiger partial charge on any atom is 0.229 e. The van der Waals surface area contributed by atoms with Crippen molar-refractivity contribution < 1.29 is 14.6 Å². The number of aromatic nitrogens is 3. The number of rotatable bonds is 15. The van der Waals surface area contributed by atoms with Crippen molar-refractivity contribution in [1.29, 1.82) is 0 Å². The second kappa shape index (κ2) is 13.9. The highest BCUT2D eigenvalue weighted by atomic mass is 16.5. The average Bonchev–Trinajstić information content (AvgIpc) is 2.84. The van der Waals surface area contributed by atoms with Crippen molar-refractivity contribution in [2.24, 2.45) is 5.73 Å². The molecule has 2 aromatic rings. The van der Waals surface area contributed by atoms with Crippen LogP contribution in [0.3, 0.4) is 0 Å². The molecule has 0 spiro atoms. The highest BCUT2D eigenvalue weighted by Crippen LogP contribution is 2.28. The molecule has 0 aliphatic heterocycles. The number of nitrogens with zero attached hydrogens (tertiary/aromatic N) is 3. The minimum absolute atomic E-state index is 0.417. The van der Waals surface area contributed by atoms with Crippen molar-refractivity contribution in [1.82, 2.24) is 15.0 Å². The quantitative estimate of drug-likeness (QED) is 0.251. The van der Waals surface area contributed by atoms with Gasteiger partial charge in [-0.2, -0.15) is 15.0 Å². The Morgan fingerprint density at radius 3 is 2.15 bits per heavy atom. The summed E-state index contributed by atoms with van der Waals surface area (Å²) in [6, 6.07) is 10.1. The standard InChI is InChI=1S/C23H37N7O3/c24-11-13-32-15-16-33-14-12-25-20-28-21(26-17-19-7-3-1-4-8-19)30-22(29-20)27-18-23(31)9-5-2-6-10-23/h1,3-4,7-8,31H,2,5-6,9-18,24H2,(H3,25,26,27,28,29,30). The van der Waals surface area contributed by atoms with Gasteiger partial charge in [0.05, 0.1) is 32.0 Å². The van der Waals surface area contributed by atoms with Crippen LogP contribution in [-0.4, -0.2) is 71.7 Å². The number of benzene rings is 1. The van der Waals surface area contributed by atoms with Crippen molar-refractivity contribution in [3.05, 3.63) is 35.9 Å². The number of nitrogens with one attached hydrogen (secondary N) is 3. The molecule has 0 radical (unpaired) electrons. The van der Waals surface area contributed by atoms with Gasteiger partial charge < -0.3 is 36.3 Å². The fourth-order valence-electron chi connectivity index (χ4n) is 3.66. The van der Waals surface area contributed by atoms with Crippen LogP contribution in [0.4, 0.5) is 17.8 Å². The fourth-order valence-corrected chi connectivity index (χ4v) is 3.66. The molecule has 1 aliphatic rings. The van der Waals surface area contributed by atoms with E-state index in [1.165, 1.54) is 6.42 Å². The predicted octanol–water partition coefficient (Wildman–Crippen LogP) is 1.99. The zero-order valence-electron chi connectivity index (χ0n) is 19.3. The molecular formula is C23H37N7O3. The minimum Gasteiger partial charge on any atom is -0.388 e. The summed E-state index contributed by atoms with van der Waals surface area (Å²) in [7, 11) is 0. The molecule has 10 heteroatoms. The Balaban J connectivity index is 1.55. The van der Waals surface area contributed by atoms with Gasteiger partial charge in [-0.3, -0.25) is 0 Å². The Hall–Kier alpha value is -2.53. The normalized spacial score (nSPS) is 15.2. The summed E-state index contributed by atoms with van der Waals surface area (Å²) in [5, 5.41) is 20.5. The summed E-state index contributed by atoms with van der Waals surface area (Å²) in [6.07, 6.45) is 4.85. The van der Waals surface area contributed by atoms with Crippen LogP contribution in [0.15, 0.2) is 30.3 Å². The SMILES string of the molecule is NCCOCCOCCNc1nc(NCc2ccccc2)nc(NCC2(O)CCCCC2)n1. The number of anilines is 3. The van der Waals surface area contributed by atoms with Gasteiger partial charge in [-0.15, -0.1) is 0 Å². The highest BCUT2D eigenvalue weighted by Gasteiger charge is 2.29. The van der Waals surface area contributed by atoms with Crippen molar-refractivity contribution >= 4 is 17.8 Å². The third-order valence-corrected chi connectivity index (χ3v) is 5.45. The summed E-state index contributed by atoms with van der Waals surface area (Å²) < 4.78 is 10.8. The van der Waals surface area contributed by atoms with Crippen LogP contribution in [0.25, 0.3) is 0 Å². The van der Waals surface area contributed by atoms with Crippen LogP contribution in [0, 0.1) is 0 Å². The van der Waals surface area contributed by atoms with Crippen LogP contribution in [-0.2, 0) is 16.0 Å². The number of ether oxygens (including phenoxy) is 2. The van der Waals surface area contributed by atoms with E-state index in [1.54, 1.807) is 0 Å². The van der Waals surface area contributed by atoms with Crippen LogP contribution in [0.1, 0.15) is 37.7 Å². The van der Waals surface area contributed by atoms with Crippen LogP contribution in [0.2, 0.25) is 0 Å². The van der Waals surface area contributed by atoms with E-state index >= 15 is 0 Å². The van der Waals surface area contributed by atoms with Crippen LogP contribution < -0.4 is 21.7 Å². The maximum absolute atomic E-state index is 10.8.